The van der Waals surface area contributed by atoms with E-state index in [1.165, 1.54) is 16.7 Å². The van der Waals surface area contributed by atoms with E-state index in [1.807, 2.05) is 24.8 Å². The molecule has 2 saturated heterocycles. The van der Waals surface area contributed by atoms with E-state index in [1.54, 1.807) is 6.07 Å². The molecule has 8 nitrogen and oxygen atoms in total. The molecule has 208 valence electrons. The Bertz CT molecular complexity index is 1170. The molecule has 4 heterocycles. The van der Waals surface area contributed by atoms with E-state index in [0.717, 1.165) is 76.3 Å². The number of H-pyrrole nitrogens is 1. The maximum Gasteiger partial charge on any atom is 0.258 e. The third-order valence-electron chi connectivity index (χ3n) is 7.93. The van der Waals surface area contributed by atoms with Gasteiger partial charge in [0.1, 0.15) is 5.75 Å². The van der Waals surface area contributed by atoms with Gasteiger partial charge in [-0.2, -0.15) is 5.10 Å². The fourth-order valence-electron chi connectivity index (χ4n) is 5.63. The second-order valence-electron chi connectivity index (χ2n) is 10.9. The summed E-state index contributed by atoms with van der Waals surface area (Å²) in [6.45, 7) is 16.4. The molecule has 1 aromatic carbocycles. The molecule has 0 radical (unpaired) electrons. The highest BCUT2D eigenvalue weighted by molar-refractivity contribution is 6.01. The van der Waals surface area contributed by atoms with Crippen LogP contribution in [0.2, 0.25) is 0 Å². The zero-order valence-electron chi connectivity index (χ0n) is 23.8. The summed E-state index contributed by atoms with van der Waals surface area (Å²) in [4.78, 5) is 20.2. The summed E-state index contributed by atoms with van der Waals surface area (Å²) in [5, 5.41) is 19.2. The number of rotatable bonds is 6. The number of benzene rings is 1. The van der Waals surface area contributed by atoms with Crippen LogP contribution < -0.4 is 0 Å². The van der Waals surface area contributed by atoms with Crippen molar-refractivity contribution < 1.29 is 14.6 Å². The first kappa shape index (κ1) is 28.3. The van der Waals surface area contributed by atoms with Crippen LogP contribution in [0.25, 0.3) is 10.9 Å². The van der Waals surface area contributed by atoms with Gasteiger partial charge in [-0.25, -0.2) is 0 Å². The normalized spacial score (nSPS) is 20.2. The van der Waals surface area contributed by atoms with Crippen molar-refractivity contribution >= 4 is 16.8 Å². The van der Waals surface area contributed by atoms with Crippen molar-refractivity contribution in [2.24, 2.45) is 5.92 Å². The number of phenolic OH excluding ortho intramolecular Hbond substituents is 1. The van der Waals surface area contributed by atoms with Crippen LogP contribution in [0, 0.1) is 5.92 Å². The molecular formula is C30H45N5O3. The number of piperazine rings is 1. The SMILES string of the molecule is CC.CC1=C(/C=C(\C)CN2CCN(C)CC2)CN(C(=O)c2cc3c(CC4CCOCC4)[nH]nc3cc2O)C1. The number of aromatic nitrogens is 2. The zero-order chi connectivity index (χ0) is 27.2. The number of nitrogens with one attached hydrogen (secondary N) is 1. The second kappa shape index (κ2) is 12.9. The largest absolute Gasteiger partial charge is 0.507 e. The lowest BCUT2D eigenvalue weighted by Gasteiger charge is -2.32. The number of nitrogens with zero attached hydrogens (tertiary/aromatic N) is 4. The van der Waals surface area contributed by atoms with Crippen molar-refractivity contribution in [2.45, 2.75) is 47.0 Å². The highest BCUT2D eigenvalue weighted by Crippen LogP contribution is 2.31. The van der Waals surface area contributed by atoms with Crippen molar-refractivity contribution in [1.82, 2.24) is 24.9 Å². The van der Waals surface area contributed by atoms with Gasteiger partial charge < -0.3 is 19.6 Å². The topological polar surface area (TPSA) is 84.9 Å². The van der Waals surface area contributed by atoms with Crippen molar-refractivity contribution in [3.63, 3.8) is 0 Å². The van der Waals surface area contributed by atoms with Crippen molar-refractivity contribution in [3.8, 4) is 5.75 Å². The monoisotopic (exact) mass is 523 g/mol. The molecule has 2 fully saturated rings. The molecule has 0 saturated carbocycles. The standard InChI is InChI=1S/C28H39N5O3.C2H6/c1-19(16-32-8-6-31(3)7-9-32)12-22-18-33(17-20(22)2)28(35)24-14-23-25(13-21-4-10-36-11-5-21)29-30-26(23)15-27(24)34;1-2/h12,14-15,21,34H,4-11,13,16-18H2,1-3H3,(H,29,30);1-2H3/b19-12+;. The molecule has 3 aliphatic rings. The highest BCUT2D eigenvalue weighted by Gasteiger charge is 2.27. The summed E-state index contributed by atoms with van der Waals surface area (Å²) in [6.07, 6.45) is 5.21. The first-order valence-corrected chi connectivity index (χ1v) is 14.2. The minimum Gasteiger partial charge on any atom is -0.507 e. The van der Waals surface area contributed by atoms with Gasteiger partial charge in [0.25, 0.3) is 5.91 Å². The number of hydrogen-bond donors (Lipinski definition) is 2. The average Bonchev–Trinajstić information content (AvgIpc) is 3.48. The molecule has 0 spiro atoms. The number of carbonyl (C=O) groups is 1. The Morgan fingerprint density at radius 1 is 1.16 bits per heavy atom. The van der Waals surface area contributed by atoms with Gasteiger partial charge in [0.15, 0.2) is 0 Å². The van der Waals surface area contributed by atoms with E-state index in [-0.39, 0.29) is 11.7 Å². The molecule has 0 aliphatic carbocycles. The van der Waals surface area contributed by atoms with Crippen molar-refractivity contribution in [1.29, 1.82) is 0 Å². The zero-order valence-corrected chi connectivity index (χ0v) is 23.8. The number of phenols is 1. The first-order valence-electron chi connectivity index (χ1n) is 14.2. The van der Waals surface area contributed by atoms with Gasteiger partial charge in [-0.15, -0.1) is 0 Å². The van der Waals surface area contributed by atoms with Crippen LogP contribution in [0.4, 0.5) is 0 Å². The number of hydrogen-bond acceptors (Lipinski definition) is 6. The molecular weight excluding hydrogens is 478 g/mol. The fourth-order valence-corrected chi connectivity index (χ4v) is 5.63. The summed E-state index contributed by atoms with van der Waals surface area (Å²) >= 11 is 0. The average molecular weight is 524 g/mol. The molecule has 3 aliphatic heterocycles. The number of amides is 1. The number of fused-ring (bicyclic) bond motifs is 1. The number of ether oxygens (including phenoxy) is 1. The van der Waals surface area contributed by atoms with Gasteiger partial charge in [0, 0.05) is 76.2 Å². The van der Waals surface area contributed by atoms with Crippen LogP contribution in [0.5, 0.6) is 5.75 Å². The summed E-state index contributed by atoms with van der Waals surface area (Å²) < 4.78 is 5.49. The fraction of sp³-hybridized carbons (Fsp3) is 0.600. The summed E-state index contributed by atoms with van der Waals surface area (Å²) in [5.74, 6) is 0.404. The molecule has 2 N–H and O–H groups in total. The molecule has 1 aromatic heterocycles. The Morgan fingerprint density at radius 3 is 2.58 bits per heavy atom. The maximum absolute atomic E-state index is 13.5. The van der Waals surface area contributed by atoms with Gasteiger partial charge in [0.2, 0.25) is 0 Å². The van der Waals surface area contributed by atoms with E-state index >= 15 is 0 Å². The molecule has 0 bridgehead atoms. The number of likely N-dealkylation sites (N-methyl/N-ethyl adjacent to an activating group) is 1. The van der Waals surface area contributed by atoms with Crippen LogP contribution in [-0.2, 0) is 11.2 Å². The lowest BCUT2D eigenvalue weighted by Crippen LogP contribution is -2.44. The van der Waals surface area contributed by atoms with E-state index < -0.39 is 0 Å². The Balaban J connectivity index is 0.00000164. The van der Waals surface area contributed by atoms with Crippen molar-refractivity contribution in [3.05, 3.63) is 46.2 Å². The summed E-state index contributed by atoms with van der Waals surface area (Å²) in [6, 6.07) is 3.44. The quantitative estimate of drug-likeness (QED) is 0.590. The van der Waals surface area contributed by atoms with Gasteiger partial charge in [0.05, 0.1) is 11.1 Å². The molecule has 0 atom stereocenters. The summed E-state index contributed by atoms with van der Waals surface area (Å²) in [7, 11) is 2.17. The van der Waals surface area contributed by atoms with Gasteiger partial charge in [-0.3, -0.25) is 14.8 Å². The van der Waals surface area contributed by atoms with Crippen LogP contribution in [-0.4, -0.2) is 102 Å². The molecule has 0 unspecified atom stereocenters. The number of aromatic amines is 1. The Hall–Kier alpha value is -2.68. The number of carbonyl (C=O) groups excluding carboxylic acids is 1. The van der Waals surface area contributed by atoms with Crippen LogP contribution >= 0.6 is 0 Å². The minimum atomic E-state index is -0.132. The number of aromatic hydroxyl groups is 1. The molecule has 8 heteroatoms. The van der Waals surface area contributed by atoms with Crippen molar-refractivity contribution in [2.75, 3.05) is 66.1 Å². The third-order valence-corrected chi connectivity index (χ3v) is 7.93. The molecule has 5 rings (SSSR count). The lowest BCUT2D eigenvalue weighted by atomic mass is 9.93. The molecule has 2 aromatic rings. The van der Waals surface area contributed by atoms with Crippen LogP contribution in [0.15, 0.2) is 34.9 Å². The van der Waals surface area contributed by atoms with Gasteiger partial charge >= 0.3 is 0 Å². The van der Waals surface area contributed by atoms with E-state index in [0.29, 0.717) is 30.1 Å². The molecule has 38 heavy (non-hydrogen) atoms. The first-order chi connectivity index (χ1) is 18.4. The Morgan fingerprint density at radius 2 is 1.87 bits per heavy atom. The highest BCUT2D eigenvalue weighted by atomic mass is 16.5. The van der Waals surface area contributed by atoms with Gasteiger partial charge in [-0.05, 0) is 63.3 Å². The van der Waals surface area contributed by atoms with E-state index in [4.69, 9.17) is 4.74 Å². The Labute approximate surface area is 227 Å². The predicted molar refractivity (Wildman–Crippen MR) is 153 cm³/mol. The molecule has 1 amide bonds. The minimum absolute atomic E-state index is 0.00971. The van der Waals surface area contributed by atoms with Crippen LogP contribution in [0.3, 0.4) is 0 Å². The third kappa shape index (κ3) is 6.65. The smallest absolute Gasteiger partial charge is 0.258 e. The lowest BCUT2D eigenvalue weighted by molar-refractivity contribution is 0.0663. The van der Waals surface area contributed by atoms with Crippen LogP contribution in [0.1, 0.15) is 56.6 Å². The predicted octanol–water partition coefficient (Wildman–Crippen LogP) is 4.23. The van der Waals surface area contributed by atoms with Gasteiger partial charge in [-0.1, -0.05) is 25.5 Å². The Kier molecular flexibility index (Phi) is 9.63. The van der Waals surface area contributed by atoms with E-state index in [9.17, 15) is 9.90 Å². The maximum atomic E-state index is 13.5. The summed E-state index contributed by atoms with van der Waals surface area (Å²) in [5.41, 5.74) is 5.83. The van der Waals surface area contributed by atoms with E-state index in [2.05, 4.69) is 47.0 Å². The second-order valence-corrected chi connectivity index (χ2v) is 10.9.